The molecule has 1 aromatic carbocycles. The first-order valence-electron chi connectivity index (χ1n) is 5.10. The molecule has 14 heavy (non-hydrogen) atoms. The summed E-state index contributed by atoms with van der Waals surface area (Å²) in [4.78, 5) is 4.41. The summed E-state index contributed by atoms with van der Waals surface area (Å²) in [7, 11) is 0. The van der Waals surface area contributed by atoms with E-state index in [2.05, 4.69) is 50.0 Å². The van der Waals surface area contributed by atoms with Gasteiger partial charge in [0, 0.05) is 19.2 Å². The standard InChI is InChI=1S/C13H19N/c1-13(2,3)11-14-10-9-12-7-5-4-6-8-12/h4-8,10H,9,11H2,1-3H3. The average Bonchev–Trinajstić information content (AvgIpc) is 2.13. The van der Waals surface area contributed by atoms with Gasteiger partial charge in [-0.2, -0.15) is 0 Å². The molecule has 0 radical (unpaired) electrons. The third-order valence-corrected chi connectivity index (χ3v) is 1.86. The SMILES string of the molecule is CC(C)(C)CN=CCc1ccccc1. The maximum atomic E-state index is 4.41. The van der Waals surface area contributed by atoms with E-state index in [0.717, 1.165) is 13.0 Å². The van der Waals surface area contributed by atoms with E-state index in [-0.39, 0.29) is 0 Å². The fraction of sp³-hybridized carbons (Fsp3) is 0.462. The first-order chi connectivity index (χ1) is 6.58. The fourth-order valence-electron chi connectivity index (χ4n) is 1.12. The number of hydrogen-bond acceptors (Lipinski definition) is 1. The zero-order chi connectivity index (χ0) is 10.4. The van der Waals surface area contributed by atoms with Gasteiger partial charge in [-0.3, -0.25) is 4.99 Å². The number of aliphatic imine (C=N–C) groups is 1. The third-order valence-electron chi connectivity index (χ3n) is 1.86. The Kier molecular flexibility index (Phi) is 3.87. The summed E-state index contributed by atoms with van der Waals surface area (Å²) >= 11 is 0. The second kappa shape index (κ2) is 4.94. The molecule has 1 aromatic rings. The molecule has 0 aromatic heterocycles. The van der Waals surface area contributed by atoms with Crippen molar-refractivity contribution in [2.45, 2.75) is 27.2 Å². The predicted molar refractivity (Wildman–Crippen MR) is 63.0 cm³/mol. The maximum Gasteiger partial charge on any atom is 0.0434 e. The predicted octanol–water partition coefficient (Wildman–Crippen LogP) is 3.35. The monoisotopic (exact) mass is 189 g/mol. The van der Waals surface area contributed by atoms with Crippen LogP contribution in [0.15, 0.2) is 35.3 Å². The van der Waals surface area contributed by atoms with Gasteiger partial charge in [0.15, 0.2) is 0 Å². The molecular formula is C13H19N. The summed E-state index contributed by atoms with van der Waals surface area (Å²) in [6.07, 6.45) is 2.96. The highest BCUT2D eigenvalue weighted by Gasteiger charge is 2.06. The van der Waals surface area contributed by atoms with E-state index in [9.17, 15) is 0 Å². The van der Waals surface area contributed by atoms with Crippen LogP contribution in [0.3, 0.4) is 0 Å². The Bertz CT molecular complexity index is 280. The van der Waals surface area contributed by atoms with Crippen molar-refractivity contribution in [1.29, 1.82) is 0 Å². The van der Waals surface area contributed by atoms with Crippen LogP contribution in [-0.4, -0.2) is 12.8 Å². The van der Waals surface area contributed by atoms with Gasteiger partial charge in [-0.1, -0.05) is 51.1 Å². The minimum atomic E-state index is 0.299. The minimum Gasteiger partial charge on any atom is -0.297 e. The fourth-order valence-corrected chi connectivity index (χ4v) is 1.12. The van der Waals surface area contributed by atoms with Crippen molar-refractivity contribution in [3.63, 3.8) is 0 Å². The molecule has 1 rings (SSSR count). The molecule has 0 N–H and O–H groups in total. The van der Waals surface area contributed by atoms with E-state index in [1.165, 1.54) is 5.56 Å². The van der Waals surface area contributed by atoms with Gasteiger partial charge >= 0.3 is 0 Å². The minimum absolute atomic E-state index is 0.299. The topological polar surface area (TPSA) is 12.4 Å². The molecule has 0 amide bonds. The summed E-state index contributed by atoms with van der Waals surface area (Å²) in [6.45, 7) is 7.51. The lowest BCUT2D eigenvalue weighted by Crippen LogP contribution is -2.09. The lowest BCUT2D eigenvalue weighted by Gasteiger charge is -2.13. The van der Waals surface area contributed by atoms with Crippen molar-refractivity contribution >= 4 is 6.21 Å². The van der Waals surface area contributed by atoms with E-state index in [1.54, 1.807) is 0 Å². The van der Waals surface area contributed by atoms with Crippen molar-refractivity contribution in [1.82, 2.24) is 0 Å². The second-order valence-electron chi connectivity index (χ2n) is 4.77. The highest BCUT2D eigenvalue weighted by Crippen LogP contribution is 2.12. The van der Waals surface area contributed by atoms with Crippen LogP contribution < -0.4 is 0 Å². The molecule has 0 aliphatic heterocycles. The van der Waals surface area contributed by atoms with Gasteiger partial charge in [-0.25, -0.2) is 0 Å². The Hall–Kier alpha value is -1.11. The van der Waals surface area contributed by atoms with Crippen LogP contribution >= 0.6 is 0 Å². The number of benzene rings is 1. The molecule has 0 saturated heterocycles. The van der Waals surface area contributed by atoms with Gasteiger partial charge < -0.3 is 0 Å². The molecule has 0 bridgehead atoms. The molecule has 76 valence electrons. The summed E-state index contributed by atoms with van der Waals surface area (Å²) in [5, 5.41) is 0. The van der Waals surface area contributed by atoms with Gasteiger partial charge in [0.2, 0.25) is 0 Å². The maximum absolute atomic E-state index is 4.41. The molecule has 0 aliphatic rings. The molecule has 0 atom stereocenters. The Morgan fingerprint density at radius 3 is 2.36 bits per heavy atom. The summed E-state index contributed by atoms with van der Waals surface area (Å²) in [6, 6.07) is 10.4. The van der Waals surface area contributed by atoms with E-state index in [0.29, 0.717) is 5.41 Å². The third kappa shape index (κ3) is 4.80. The van der Waals surface area contributed by atoms with Crippen LogP contribution in [0.5, 0.6) is 0 Å². The molecule has 1 heteroatoms. The van der Waals surface area contributed by atoms with E-state index >= 15 is 0 Å². The van der Waals surface area contributed by atoms with Gasteiger partial charge in [-0.15, -0.1) is 0 Å². The average molecular weight is 189 g/mol. The molecule has 0 fully saturated rings. The van der Waals surface area contributed by atoms with Crippen molar-refractivity contribution in [2.24, 2.45) is 10.4 Å². The zero-order valence-electron chi connectivity index (χ0n) is 9.33. The molecular weight excluding hydrogens is 170 g/mol. The Morgan fingerprint density at radius 2 is 1.79 bits per heavy atom. The van der Waals surface area contributed by atoms with Crippen LogP contribution in [0.2, 0.25) is 0 Å². The van der Waals surface area contributed by atoms with Crippen molar-refractivity contribution in [3.05, 3.63) is 35.9 Å². The van der Waals surface area contributed by atoms with Gasteiger partial charge in [0.1, 0.15) is 0 Å². The molecule has 0 heterocycles. The molecule has 0 spiro atoms. The molecule has 1 nitrogen and oxygen atoms in total. The van der Waals surface area contributed by atoms with Crippen LogP contribution in [-0.2, 0) is 6.42 Å². The Labute approximate surface area is 86.9 Å². The van der Waals surface area contributed by atoms with Gasteiger partial charge in [0.05, 0.1) is 0 Å². The normalized spacial score (nSPS) is 12.2. The Morgan fingerprint density at radius 1 is 1.14 bits per heavy atom. The molecule has 0 aliphatic carbocycles. The van der Waals surface area contributed by atoms with Crippen LogP contribution in [0.4, 0.5) is 0 Å². The van der Waals surface area contributed by atoms with E-state index in [1.807, 2.05) is 12.3 Å². The van der Waals surface area contributed by atoms with Gasteiger partial charge in [0.25, 0.3) is 0 Å². The Balaban J connectivity index is 2.35. The largest absolute Gasteiger partial charge is 0.297 e. The van der Waals surface area contributed by atoms with E-state index in [4.69, 9.17) is 0 Å². The number of nitrogens with zero attached hydrogens (tertiary/aromatic N) is 1. The highest BCUT2D eigenvalue weighted by atomic mass is 14.7. The van der Waals surface area contributed by atoms with E-state index < -0.39 is 0 Å². The van der Waals surface area contributed by atoms with Crippen LogP contribution in [0.1, 0.15) is 26.3 Å². The molecule has 0 saturated carbocycles. The van der Waals surface area contributed by atoms with Crippen molar-refractivity contribution < 1.29 is 0 Å². The van der Waals surface area contributed by atoms with Crippen molar-refractivity contribution in [2.75, 3.05) is 6.54 Å². The number of rotatable bonds is 3. The highest BCUT2D eigenvalue weighted by molar-refractivity contribution is 5.61. The first-order valence-corrected chi connectivity index (χ1v) is 5.10. The number of hydrogen-bond donors (Lipinski definition) is 0. The van der Waals surface area contributed by atoms with Crippen LogP contribution in [0.25, 0.3) is 0 Å². The summed E-state index contributed by atoms with van der Waals surface area (Å²) in [5.41, 5.74) is 1.62. The second-order valence-corrected chi connectivity index (χ2v) is 4.77. The first kappa shape index (κ1) is 11.0. The molecule has 0 unspecified atom stereocenters. The quantitative estimate of drug-likeness (QED) is 0.647. The summed E-state index contributed by atoms with van der Waals surface area (Å²) in [5.74, 6) is 0. The van der Waals surface area contributed by atoms with Crippen LogP contribution in [0, 0.1) is 5.41 Å². The summed E-state index contributed by atoms with van der Waals surface area (Å²) < 4.78 is 0. The lowest BCUT2D eigenvalue weighted by atomic mass is 9.97. The zero-order valence-corrected chi connectivity index (χ0v) is 9.33. The van der Waals surface area contributed by atoms with Gasteiger partial charge in [-0.05, 0) is 11.0 Å². The lowest BCUT2D eigenvalue weighted by molar-refractivity contribution is 0.430. The smallest absolute Gasteiger partial charge is 0.0434 e. The van der Waals surface area contributed by atoms with Crippen molar-refractivity contribution in [3.8, 4) is 0 Å².